The molecule has 0 spiro atoms. The molecule has 1 aliphatic heterocycles. The molecule has 0 unspecified atom stereocenters. The predicted molar refractivity (Wildman–Crippen MR) is 120 cm³/mol. The molecule has 154 valence electrons. The maximum Gasteiger partial charge on any atom is 0.227 e. The van der Waals surface area contributed by atoms with Gasteiger partial charge in [0.1, 0.15) is 5.82 Å². The van der Waals surface area contributed by atoms with Crippen LogP contribution in [0.5, 0.6) is 0 Å². The lowest BCUT2D eigenvalue weighted by atomic mass is 10.1. The maximum absolute atomic E-state index is 12.6. The second-order valence-corrected chi connectivity index (χ2v) is 7.54. The molecule has 1 saturated heterocycles. The molecule has 1 aliphatic rings. The van der Waals surface area contributed by atoms with E-state index in [1.54, 1.807) is 0 Å². The Balaban J connectivity index is 1.34. The molecule has 4 rings (SSSR count). The van der Waals surface area contributed by atoms with Gasteiger partial charge in [0.15, 0.2) is 0 Å². The molecule has 1 aromatic heterocycles. The Morgan fingerprint density at radius 2 is 1.60 bits per heavy atom. The van der Waals surface area contributed by atoms with Crippen LogP contribution in [0.15, 0.2) is 66.7 Å². The van der Waals surface area contributed by atoms with Crippen molar-refractivity contribution in [2.24, 2.45) is 0 Å². The minimum Gasteiger partial charge on any atom is -0.340 e. The molecule has 0 saturated carbocycles. The Bertz CT molecular complexity index is 969. The lowest BCUT2D eigenvalue weighted by Crippen LogP contribution is -2.49. The number of hydrogen-bond donors (Lipinski definition) is 1. The first-order valence-corrected chi connectivity index (χ1v) is 10.4. The van der Waals surface area contributed by atoms with Gasteiger partial charge < -0.3 is 15.1 Å². The highest BCUT2D eigenvalue weighted by molar-refractivity contribution is 5.76. The number of benzene rings is 2. The van der Waals surface area contributed by atoms with Crippen LogP contribution in [-0.4, -0.2) is 47.0 Å². The van der Waals surface area contributed by atoms with E-state index in [4.69, 9.17) is 4.98 Å². The predicted octanol–water partition coefficient (Wildman–Crippen LogP) is 3.81. The summed E-state index contributed by atoms with van der Waals surface area (Å²) in [6.07, 6.45) is 1.34. The number of amides is 1. The summed E-state index contributed by atoms with van der Waals surface area (Å²) < 4.78 is 0. The van der Waals surface area contributed by atoms with Crippen LogP contribution < -0.4 is 10.2 Å². The number of piperazine rings is 1. The molecule has 6 nitrogen and oxygen atoms in total. The summed E-state index contributed by atoms with van der Waals surface area (Å²) in [5.41, 5.74) is 3.12. The van der Waals surface area contributed by atoms with Gasteiger partial charge in [-0.15, -0.1) is 0 Å². The number of aryl methyl sites for hydroxylation is 2. The smallest absolute Gasteiger partial charge is 0.227 e. The zero-order chi connectivity index (χ0) is 20.8. The number of anilines is 3. The largest absolute Gasteiger partial charge is 0.340 e. The van der Waals surface area contributed by atoms with Crippen molar-refractivity contribution < 1.29 is 4.79 Å². The second-order valence-electron chi connectivity index (χ2n) is 7.54. The van der Waals surface area contributed by atoms with Crippen LogP contribution in [0.2, 0.25) is 0 Å². The molecule has 6 heteroatoms. The quantitative estimate of drug-likeness (QED) is 0.681. The van der Waals surface area contributed by atoms with Crippen LogP contribution in [-0.2, 0) is 11.2 Å². The molecule has 1 fully saturated rings. The van der Waals surface area contributed by atoms with E-state index in [-0.39, 0.29) is 5.91 Å². The average molecular weight is 402 g/mol. The number of para-hydroxylation sites is 1. The van der Waals surface area contributed by atoms with Gasteiger partial charge in [-0.2, -0.15) is 4.98 Å². The fourth-order valence-electron chi connectivity index (χ4n) is 3.64. The zero-order valence-corrected chi connectivity index (χ0v) is 17.3. The van der Waals surface area contributed by atoms with Gasteiger partial charge in [0, 0.05) is 50.0 Å². The second kappa shape index (κ2) is 9.39. The van der Waals surface area contributed by atoms with Crippen molar-refractivity contribution in [1.29, 1.82) is 0 Å². The first-order valence-electron chi connectivity index (χ1n) is 10.4. The lowest BCUT2D eigenvalue weighted by Gasteiger charge is -2.35. The first-order chi connectivity index (χ1) is 14.7. The molecule has 0 radical (unpaired) electrons. The van der Waals surface area contributed by atoms with Gasteiger partial charge in [-0.3, -0.25) is 4.79 Å². The highest BCUT2D eigenvalue weighted by Gasteiger charge is 2.22. The van der Waals surface area contributed by atoms with Crippen LogP contribution in [0.3, 0.4) is 0 Å². The minimum absolute atomic E-state index is 0.218. The van der Waals surface area contributed by atoms with E-state index in [9.17, 15) is 4.79 Å². The highest BCUT2D eigenvalue weighted by Crippen LogP contribution is 2.19. The molecule has 1 N–H and O–H groups in total. The fraction of sp³-hybridized carbons (Fsp3) is 0.292. The van der Waals surface area contributed by atoms with Crippen LogP contribution >= 0.6 is 0 Å². The summed E-state index contributed by atoms with van der Waals surface area (Å²) >= 11 is 0. The van der Waals surface area contributed by atoms with Crippen molar-refractivity contribution >= 4 is 23.4 Å². The fourth-order valence-corrected chi connectivity index (χ4v) is 3.64. The van der Waals surface area contributed by atoms with E-state index in [1.807, 2.05) is 66.4 Å². The molecular formula is C24H27N5O. The first kappa shape index (κ1) is 19.9. The maximum atomic E-state index is 12.6. The molecule has 0 atom stereocenters. The summed E-state index contributed by atoms with van der Waals surface area (Å²) in [5, 5.41) is 3.34. The van der Waals surface area contributed by atoms with Gasteiger partial charge in [-0.05, 0) is 31.0 Å². The summed E-state index contributed by atoms with van der Waals surface area (Å²) in [5.74, 6) is 1.71. The van der Waals surface area contributed by atoms with Crippen molar-refractivity contribution in [3.8, 4) is 0 Å². The summed E-state index contributed by atoms with van der Waals surface area (Å²) in [7, 11) is 0. The van der Waals surface area contributed by atoms with Gasteiger partial charge in [0.25, 0.3) is 0 Å². The van der Waals surface area contributed by atoms with Gasteiger partial charge in [-0.25, -0.2) is 4.98 Å². The zero-order valence-electron chi connectivity index (χ0n) is 17.3. The van der Waals surface area contributed by atoms with E-state index >= 15 is 0 Å². The highest BCUT2D eigenvalue weighted by atomic mass is 16.2. The Labute approximate surface area is 177 Å². The van der Waals surface area contributed by atoms with E-state index in [2.05, 4.69) is 27.3 Å². The van der Waals surface area contributed by atoms with E-state index in [0.29, 0.717) is 25.5 Å². The van der Waals surface area contributed by atoms with Crippen LogP contribution in [0, 0.1) is 6.92 Å². The van der Waals surface area contributed by atoms with Crippen molar-refractivity contribution in [1.82, 2.24) is 14.9 Å². The number of carbonyl (C=O) groups is 1. The number of nitrogens with one attached hydrogen (secondary N) is 1. The van der Waals surface area contributed by atoms with Gasteiger partial charge in [-0.1, -0.05) is 48.5 Å². The van der Waals surface area contributed by atoms with Crippen molar-refractivity contribution in [3.63, 3.8) is 0 Å². The molecule has 3 aromatic rings. The summed E-state index contributed by atoms with van der Waals surface area (Å²) in [6, 6.07) is 22.1. The van der Waals surface area contributed by atoms with E-state index in [1.165, 1.54) is 5.56 Å². The third kappa shape index (κ3) is 5.14. The minimum atomic E-state index is 0.218. The van der Waals surface area contributed by atoms with Gasteiger partial charge >= 0.3 is 0 Å². The molecule has 0 bridgehead atoms. The van der Waals surface area contributed by atoms with Crippen molar-refractivity contribution in [2.75, 3.05) is 36.4 Å². The third-order valence-electron chi connectivity index (χ3n) is 5.27. The van der Waals surface area contributed by atoms with E-state index < -0.39 is 0 Å². The molecule has 0 aliphatic carbocycles. The van der Waals surface area contributed by atoms with Gasteiger partial charge in [0.2, 0.25) is 11.9 Å². The van der Waals surface area contributed by atoms with Gasteiger partial charge in [0.05, 0.1) is 0 Å². The Morgan fingerprint density at radius 3 is 2.30 bits per heavy atom. The standard InChI is InChI=1S/C24H27N5O/c1-19-18-22(26-21-10-6-3-7-11-21)27-24(25-19)29-16-14-28(15-17-29)23(30)13-12-20-8-4-2-5-9-20/h2-11,18H,12-17H2,1H3,(H,25,26,27). The Kier molecular flexibility index (Phi) is 6.23. The van der Waals surface area contributed by atoms with Crippen LogP contribution in [0.25, 0.3) is 0 Å². The normalized spacial score (nSPS) is 13.9. The summed E-state index contributed by atoms with van der Waals surface area (Å²) in [4.78, 5) is 26.0. The third-order valence-corrected chi connectivity index (χ3v) is 5.27. The molecule has 30 heavy (non-hydrogen) atoms. The number of hydrogen-bond acceptors (Lipinski definition) is 5. The molecule has 2 aromatic carbocycles. The number of aromatic nitrogens is 2. The monoisotopic (exact) mass is 401 g/mol. The molecule has 2 heterocycles. The summed E-state index contributed by atoms with van der Waals surface area (Å²) in [6.45, 7) is 4.86. The molecular weight excluding hydrogens is 374 g/mol. The van der Waals surface area contributed by atoms with E-state index in [0.717, 1.165) is 36.7 Å². The SMILES string of the molecule is Cc1cc(Nc2ccccc2)nc(N2CCN(C(=O)CCc3ccccc3)CC2)n1. The van der Waals surface area contributed by atoms with Crippen molar-refractivity contribution in [3.05, 3.63) is 78.0 Å². The Morgan fingerprint density at radius 1 is 0.933 bits per heavy atom. The van der Waals surface area contributed by atoms with Crippen molar-refractivity contribution in [2.45, 2.75) is 19.8 Å². The number of carbonyl (C=O) groups excluding carboxylic acids is 1. The average Bonchev–Trinajstić information content (AvgIpc) is 2.78. The molecule has 1 amide bonds. The number of rotatable bonds is 6. The number of nitrogens with zero attached hydrogens (tertiary/aromatic N) is 4. The van der Waals surface area contributed by atoms with Crippen LogP contribution in [0.4, 0.5) is 17.5 Å². The lowest BCUT2D eigenvalue weighted by molar-refractivity contribution is -0.131. The van der Waals surface area contributed by atoms with Crippen LogP contribution in [0.1, 0.15) is 17.7 Å². The topological polar surface area (TPSA) is 61.4 Å². The Hall–Kier alpha value is -3.41.